The van der Waals surface area contributed by atoms with Crippen LogP contribution >= 0.6 is 0 Å². The third-order valence-corrected chi connectivity index (χ3v) is 6.51. The van der Waals surface area contributed by atoms with Crippen LogP contribution in [0.4, 0.5) is 0 Å². The van der Waals surface area contributed by atoms with E-state index in [1.54, 1.807) is 0 Å². The largest absolute Gasteiger partial charge is 0.492 e. The fraction of sp³-hybridized carbons (Fsp3) is 0.519. The molecule has 0 amide bonds. The lowest BCUT2D eigenvalue weighted by atomic mass is 10.0. The van der Waals surface area contributed by atoms with Gasteiger partial charge in [-0.1, -0.05) is 27.7 Å². The van der Waals surface area contributed by atoms with Gasteiger partial charge in [0, 0.05) is 35.0 Å². The first-order chi connectivity index (χ1) is 16.6. The fourth-order valence-electron chi connectivity index (χ4n) is 4.27. The molecule has 2 N–H and O–H groups in total. The fourth-order valence-corrected chi connectivity index (χ4v) is 4.27. The number of likely N-dealkylation sites (N-methyl/N-ethyl adjacent to an activating group) is 2. The van der Waals surface area contributed by atoms with Crippen LogP contribution in [0.3, 0.4) is 0 Å². The van der Waals surface area contributed by atoms with Gasteiger partial charge in [-0.3, -0.25) is 0 Å². The summed E-state index contributed by atoms with van der Waals surface area (Å²) in [4.78, 5) is 9.48. The van der Waals surface area contributed by atoms with Crippen molar-refractivity contribution in [2.75, 3.05) is 52.5 Å². The van der Waals surface area contributed by atoms with E-state index in [4.69, 9.17) is 14.5 Å². The van der Waals surface area contributed by atoms with Crippen molar-refractivity contribution in [3.05, 3.63) is 41.5 Å². The number of aliphatic hydroxyl groups excluding tert-OH is 2. The molecular formula is C27H39N3O4. The second kappa shape index (κ2) is 12.9. The SMILES string of the molecule is CCN(CC)CCOc1ccc2cc3ccc(OCCN(CC)CC)c(CO)c3nc2c1CO. The lowest BCUT2D eigenvalue weighted by Gasteiger charge is -2.20. The number of rotatable bonds is 14. The van der Waals surface area contributed by atoms with Crippen LogP contribution in [0.5, 0.6) is 11.5 Å². The lowest BCUT2D eigenvalue weighted by Crippen LogP contribution is -2.28. The Hall–Kier alpha value is -2.45. The Balaban J connectivity index is 1.93. The number of aromatic nitrogens is 1. The highest BCUT2D eigenvalue weighted by molar-refractivity contribution is 5.97. The zero-order valence-corrected chi connectivity index (χ0v) is 21.0. The molecule has 1 aromatic heterocycles. The second-order valence-electron chi connectivity index (χ2n) is 8.28. The van der Waals surface area contributed by atoms with Gasteiger partial charge in [0.15, 0.2) is 0 Å². The molecule has 0 saturated carbocycles. The molecule has 0 aliphatic heterocycles. The van der Waals surface area contributed by atoms with E-state index < -0.39 is 0 Å². The van der Waals surface area contributed by atoms with E-state index in [1.165, 1.54) is 0 Å². The molecule has 3 rings (SSSR count). The number of hydrogen-bond donors (Lipinski definition) is 2. The van der Waals surface area contributed by atoms with Gasteiger partial charge in [0.2, 0.25) is 0 Å². The summed E-state index contributed by atoms with van der Waals surface area (Å²) in [6, 6.07) is 9.79. The van der Waals surface area contributed by atoms with Crippen molar-refractivity contribution < 1.29 is 19.7 Å². The van der Waals surface area contributed by atoms with E-state index in [0.717, 1.165) is 50.0 Å². The topological polar surface area (TPSA) is 78.3 Å². The highest BCUT2D eigenvalue weighted by atomic mass is 16.5. The van der Waals surface area contributed by atoms with Crippen molar-refractivity contribution in [3.8, 4) is 11.5 Å². The molecule has 3 aromatic rings. The van der Waals surface area contributed by atoms with Crippen LogP contribution in [0, 0.1) is 0 Å². The quantitative estimate of drug-likeness (QED) is 0.348. The molecule has 186 valence electrons. The number of aliphatic hydroxyl groups is 2. The molecule has 34 heavy (non-hydrogen) atoms. The summed E-state index contributed by atoms with van der Waals surface area (Å²) in [5.41, 5.74) is 2.70. The van der Waals surface area contributed by atoms with Gasteiger partial charge in [-0.15, -0.1) is 0 Å². The average Bonchev–Trinajstić information content (AvgIpc) is 2.87. The summed E-state index contributed by atoms with van der Waals surface area (Å²) in [5, 5.41) is 22.2. The molecule has 0 saturated heterocycles. The number of ether oxygens (including phenoxy) is 2. The van der Waals surface area contributed by atoms with Crippen molar-refractivity contribution in [3.63, 3.8) is 0 Å². The summed E-state index contributed by atoms with van der Waals surface area (Å²) in [6.45, 7) is 14.8. The molecule has 0 bridgehead atoms. The third-order valence-electron chi connectivity index (χ3n) is 6.51. The minimum atomic E-state index is -0.176. The Labute approximate surface area is 202 Å². The van der Waals surface area contributed by atoms with Crippen molar-refractivity contribution in [2.24, 2.45) is 0 Å². The van der Waals surface area contributed by atoms with E-state index in [1.807, 2.05) is 30.3 Å². The van der Waals surface area contributed by atoms with Crippen molar-refractivity contribution in [1.82, 2.24) is 14.8 Å². The molecule has 0 aliphatic rings. The Kier molecular flexibility index (Phi) is 9.89. The summed E-state index contributed by atoms with van der Waals surface area (Å²) in [7, 11) is 0. The van der Waals surface area contributed by atoms with E-state index in [-0.39, 0.29) is 13.2 Å². The third kappa shape index (κ3) is 5.96. The molecule has 0 radical (unpaired) electrons. The minimum absolute atomic E-state index is 0.176. The first-order valence-corrected chi connectivity index (χ1v) is 12.4. The molecular weight excluding hydrogens is 430 g/mol. The second-order valence-corrected chi connectivity index (χ2v) is 8.28. The maximum Gasteiger partial charge on any atom is 0.127 e. The van der Waals surface area contributed by atoms with Gasteiger partial charge in [-0.25, -0.2) is 4.98 Å². The Bertz CT molecular complexity index is 984. The van der Waals surface area contributed by atoms with Gasteiger partial charge >= 0.3 is 0 Å². The van der Waals surface area contributed by atoms with E-state index in [0.29, 0.717) is 46.9 Å². The number of hydrogen-bond acceptors (Lipinski definition) is 7. The van der Waals surface area contributed by atoms with E-state index >= 15 is 0 Å². The zero-order chi connectivity index (χ0) is 24.5. The van der Waals surface area contributed by atoms with Gasteiger partial charge in [0.05, 0.1) is 24.2 Å². The highest BCUT2D eigenvalue weighted by Gasteiger charge is 2.15. The van der Waals surface area contributed by atoms with Crippen LogP contribution in [-0.4, -0.2) is 77.5 Å². The summed E-state index contributed by atoms with van der Waals surface area (Å²) < 4.78 is 12.1. The zero-order valence-electron chi connectivity index (χ0n) is 21.0. The van der Waals surface area contributed by atoms with Gasteiger partial charge in [0.1, 0.15) is 24.7 Å². The van der Waals surface area contributed by atoms with Crippen LogP contribution in [0.25, 0.3) is 21.8 Å². The number of pyridine rings is 1. The summed E-state index contributed by atoms with van der Waals surface area (Å²) >= 11 is 0. The Morgan fingerprint density at radius 3 is 1.44 bits per heavy atom. The molecule has 0 unspecified atom stereocenters. The van der Waals surface area contributed by atoms with Crippen molar-refractivity contribution in [2.45, 2.75) is 40.9 Å². The van der Waals surface area contributed by atoms with Gasteiger partial charge in [-0.2, -0.15) is 0 Å². The smallest absolute Gasteiger partial charge is 0.127 e. The monoisotopic (exact) mass is 469 g/mol. The Morgan fingerprint density at radius 1 is 0.676 bits per heavy atom. The van der Waals surface area contributed by atoms with Crippen LogP contribution < -0.4 is 9.47 Å². The first kappa shape index (κ1) is 26.2. The number of fused-ring (bicyclic) bond motifs is 2. The van der Waals surface area contributed by atoms with Gasteiger partial charge < -0.3 is 29.5 Å². The standard InChI is InChI=1S/C27H39N3O4/c1-5-29(6-2)13-15-33-24-11-9-20-17-21-10-12-25(34-16-14-30(7-3)8-4)23(19-32)27(21)28-26(20)22(24)18-31/h9-12,17,31-32H,5-8,13-16,18-19H2,1-4H3. The van der Waals surface area contributed by atoms with Gasteiger partial charge in [-0.05, 0) is 56.5 Å². The molecule has 7 nitrogen and oxygen atoms in total. The molecule has 0 aliphatic carbocycles. The predicted molar refractivity (Wildman–Crippen MR) is 138 cm³/mol. The van der Waals surface area contributed by atoms with Crippen LogP contribution in [0.15, 0.2) is 30.3 Å². The molecule has 0 fully saturated rings. The molecule has 0 spiro atoms. The van der Waals surface area contributed by atoms with Crippen molar-refractivity contribution >= 4 is 21.8 Å². The van der Waals surface area contributed by atoms with E-state index in [2.05, 4.69) is 37.5 Å². The number of nitrogens with zero attached hydrogens (tertiary/aromatic N) is 3. The van der Waals surface area contributed by atoms with Crippen LogP contribution in [-0.2, 0) is 13.2 Å². The lowest BCUT2D eigenvalue weighted by molar-refractivity contribution is 0.216. The summed E-state index contributed by atoms with van der Waals surface area (Å²) in [5.74, 6) is 1.29. The number of benzene rings is 2. The van der Waals surface area contributed by atoms with Crippen LogP contribution in [0.2, 0.25) is 0 Å². The van der Waals surface area contributed by atoms with Crippen molar-refractivity contribution in [1.29, 1.82) is 0 Å². The minimum Gasteiger partial charge on any atom is -0.492 e. The molecule has 1 heterocycles. The average molecular weight is 470 g/mol. The predicted octanol–water partition coefficient (Wildman–Crippen LogP) is 3.81. The maximum absolute atomic E-state index is 10.2. The van der Waals surface area contributed by atoms with Crippen LogP contribution in [0.1, 0.15) is 38.8 Å². The summed E-state index contributed by atoms with van der Waals surface area (Å²) in [6.07, 6.45) is 0. The van der Waals surface area contributed by atoms with E-state index in [9.17, 15) is 10.2 Å². The maximum atomic E-state index is 10.2. The molecule has 7 heteroatoms. The molecule has 0 atom stereocenters. The first-order valence-electron chi connectivity index (χ1n) is 12.4. The van der Waals surface area contributed by atoms with Gasteiger partial charge in [0.25, 0.3) is 0 Å². The Morgan fingerprint density at radius 2 is 1.09 bits per heavy atom. The normalized spacial score (nSPS) is 11.8. The molecule has 2 aromatic carbocycles. The highest BCUT2D eigenvalue weighted by Crippen LogP contribution is 2.33.